The summed E-state index contributed by atoms with van der Waals surface area (Å²) in [4.78, 5) is 13.7. The van der Waals surface area contributed by atoms with Crippen molar-refractivity contribution in [2.75, 3.05) is 32.9 Å². The second-order valence-electron chi connectivity index (χ2n) is 3.78. The van der Waals surface area contributed by atoms with Gasteiger partial charge < -0.3 is 20.5 Å². The number of aliphatic hydroxyl groups is 1. The van der Waals surface area contributed by atoms with Crippen molar-refractivity contribution >= 4 is 5.91 Å². The Bertz CT molecular complexity index is 207. The molecule has 0 bridgehead atoms. The SMILES string of the molecule is CCC(CN)C(=O)N1CCOCC1CO. The summed E-state index contributed by atoms with van der Waals surface area (Å²) in [5.41, 5.74) is 5.54. The summed E-state index contributed by atoms with van der Waals surface area (Å²) in [6.07, 6.45) is 0.741. The van der Waals surface area contributed by atoms with Crippen LogP contribution >= 0.6 is 0 Å². The third-order valence-electron chi connectivity index (χ3n) is 2.85. The van der Waals surface area contributed by atoms with Gasteiger partial charge in [-0.1, -0.05) is 6.92 Å². The van der Waals surface area contributed by atoms with E-state index in [0.29, 0.717) is 26.3 Å². The molecule has 88 valence electrons. The van der Waals surface area contributed by atoms with Crippen LogP contribution in [0.4, 0.5) is 0 Å². The molecule has 15 heavy (non-hydrogen) atoms. The van der Waals surface area contributed by atoms with Crippen LogP contribution in [0.15, 0.2) is 0 Å². The summed E-state index contributed by atoms with van der Waals surface area (Å²) in [7, 11) is 0. The van der Waals surface area contributed by atoms with E-state index in [1.165, 1.54) is 0 Å². The number of hydrogen-bond donors (Lipinski definition) is 2. The van der Waals surface area contributed by atoms with Crippen LogP contribution in [0.3, 0.4) is 0 Å². The van der Waals surface area contributed by atoms with Crippen molar-refractivity contribution < 1.29 is 14.6 Å². The van der Waals surface area contributed by atoms with Crippen LogP contribution in [-0.2, 0) is 9.53 Å². The van der Waals surface area contributed by atoms with Gasteiger partial charge in [0.25, 0.3) is 0 Å². The molecule has 1 aliphatic rings. The summed E-state index contributed by atoms with van der Waals surface area (Å²) in [6, 6.07) is -0.202. The lowest BCUT2D eigenvalue weighted by Crippen LogP contribution is -2.53. The molecule has 1 saturated heterocycles. The zero-order valence-electron chi connectivity index (χ0n) is 9.19. The van der Waals surface area contributed by atoms with E-state index < -0.39 is 0 Å². The molecular weight excluding hydrogens is 196 g/mol. The summed E-state index contributed by atoms with van der Waals surface area (Å²) in [5, 5.41) is 9.13. The fraction of sp³-hybridized carbons (Fsp3) is 0.900. The molecule has 0 aromatic rings. The Morgan fingerprint density at radius 3 is 3.00 bits per heavy atom. The van der Waals surface area contributed by atoms with Crippen molar-refractivity contribution in [1.29, 1.82) is 0 Å². The zero-order chi connectivity index (χ0) is 11.3. The van der Waals surface area contributed by atoms with E-state index in [-0.39, 0.29) is 24.5 Å². The lowest BCUT2D eigenvalue weighted by Gasteiger charge is -2.36. The average molecular weight is 216 g/mol. The molecule has 1 rings (SSSR count). The molecule has 0 aliphatic carbocycles. The number of carbonyl (C=O) groups is 1. The lowest BCUT2D eigenvalue weighted by atomic mass is 10.0. The van der Waals surface area contributed by atoms with Gasteiger partial charge in [-0.2, -0.15) is 0 Å². The Morgan fingerprint density at radius 1 is 1.73 bits per heavy atom. The summed E-state index contributed by atoms with van der Waals surface area (Å²) >= 11 is 0. The highest BCUT2D eigenvalue weighted by Gasteiger charge is 2.30. The summed E-state index contributed by atoms with van der Waals surface area (Å²) < 4.78 is 5.22. The molecule has 0 radical (unpaired) electrons. The number of carbonyl (C=O) groups excluding carboxylic acids is 1. The minimum atomic E-state index is -0.202. The molecule has 0 aromatic heterocycles. The molecule has 0 saturated carbocycles. The Kier molecular flexibility index (Phi) is 5.01. The smallest absolute Gasteiger partial charge is 0.227 e. The van der Waals surface area contributed by atoms with Crippen LogP contribution in [0.2, 0.25) is 0 Å². The molecule has 0 aromatic carbocycles. The summed E-state index contributed by atoms with van der Waals surface area (Å²) in [5.74, 6) is -0.0838. The maximum Gasteiger partial charge on any atom is 0.227 e. The minimum absolute atomic E-state index is 0.0438. The molecule has 5 nitrogen and oxygen atoms in total. The quantitative estimate of drug-likeness (QED) is 0.644. The number of rotatable bonds is 4. The van der Waals surface area contributed by atoms with E-state index in [2.05, 4.69) is 0 Å². The third-order valence-corrected chi connectivity index (χ3v) is 2.85. The minimum Gasteiger partial charge on any atom is -0.394 e. The zero-order valence-corrected chi connectivity index (χ0v) is 9.19. The molecule has 2 atom stereocenters. The van der Waals surface area contributed by atoms with Gasteiger partial charge in [-0.15, -0.1) is 0 Å². The third kappa shape index (κ3) is 2.90. The second kappa shape index (κ2) is 6.05. The predicted octanol–water partition coefficient (Wildman–Crippen LogP) is -0.809. The highest BCUT2D eigenvalue weighted by Crippen LogP contribution is 2.13. The van der Waals surface area contributed by atoms with Crippen LogP contribution < -0.4 is 5.73 Å². The van der Waals surface area contributed by atoms with Crippen LogP contribution in [-0.4, -0.2) is 54.9 Å². The van der Waals surface area contributed by atoms with Crippen LogP contribution in [0.5, 0.6) is 0 Å². The van der Waals surface area contributed by atoms with Gasteiger partial charge in [0.2, 0.25) is 5.91 Å². The van der Waals surface area contributed by atoms with Crippen LogP contribution in [0.1, 0.15) is 13.3 Å². The molecule has 1 heterocycles. The van der Waals surface area contributed by atoms with E-state index in [0.717, 1.165) is 6.42 Å². The number of nitrogens with zero attached hydrogens (tertiary/aromatic N) is 1. The molecule has 5 heteroatoms. The topological polar surface area (TPSA) is 75.8 Å². The van der Waals surface area contributed by atoms with Gasteiger partial charge in [0.15, 0.2) is 0 Å². The van der Waals surface area contributed by atoms with Crippen molar-refractivity contribution in [1.82, 2.24) is 4.90 Å². The molecule has 2 unspecified atom stereocenters. The Balaban J connectivity index is 2.62. The van der Waals surface area contributed by atoms with Crippen molar-refractivity contribution in [3.63, 3.8) is 0 Å². The number of nitrogens with two attached hydrogens (primary N) is 1. The Labute approximate surface area is 90.2 Å². The summed E-state index contributed by atoms with van der Waals surface area (Å²) in [6.45, 7) is 3.79. The van der Waals surface area contributed by atoms with Crippen LogP contribution in [0, 0.1) is 5.92 Å². The number of hydrogen-bond acceptors (Lipinski definition) is 4. The standard InChI is InChI=1S/C10H20N2O3/c1-2-8(5-11)10(14)12-3-4-15-7-9(12)6-13/h8-9,13H,2-7,11H2,1H3. The second-order valence-corrected chi connectivity index (χ2v) is 3.78. The normalized spacial score (nSPS) is 23.9. The first-order chi connectivity index (χ1) is 7.24. The first-order valence-corrected chi connectivity index (χ1v) is 5.43. The van der Waals surface area contributed by atoms with E-state index in [1.54, 1.807) is 4.90 Å². The van der Waals surface area contributed by atoms with Gasteiger partial charge in [-0.3, -0.25) is 4.79 Å². The van der Waals surface area contributed by atoms with Crippen molar-refractivity contribution in [2.24, 2.45) is 11.7 Å². The van der Waals surface area contributed by atoms with Crippen molar-refractivity contribution in [3.05, 3.63) is 0 Å². The van der Waals surface area contributed by atoms with Crippen molar-refractivity contribution in [2.45, 2.75) is 19.4 Å². The van der Waals surface area contributed by atoms with E-state index in [1.807, 2.05) is 6.92 Å². The molecule has 1 amide bonds. The first kappa shape index (κ1) is 12.4. The lowest BCUT2D eigenvalue weighted by molar-refractivity contribution is -0.145. The van der Waals surface area contributed by atoms with Gasteiger partial charge in [0.1, 0.15) is 0 Å². The average Bonchev–Trinajstić information content (AvgIpc) is 2.30. The number of ether oxygens (including phenoxy) is 1. The van der Waals surface area contributed by atoms with E-state index >= 15 is 0 Å². The van der Waals surface area contributed by atoms with Gasteiger partial charge in [-0.05, 0) is 6.42 Å². The molecular formula is C10H20N2O3. The van der Waals surface area contributed by atoms with E-state index in [4.69, 9.17) is 15.6 Å². The van der Waals surface area contributed by atoms with Gasteiger partial charge in [0, 0.05) is 13.1 Å². The highest BCUT2D eigenvalue weighted by atomic mass is 16.5. The molecule has 1 aliphatic heterocycles. The maximum atomic E-state index is 12.0. The predicted molar refractivity (Wildman–Crippen MR) is 56.2 cm³/mol. The fourth-order valence-electron chi connectivity index (χ4n) is 1.77. The number of morpholine rings is 1. The monoisotopic (exact) mass is 216 g/mol. The van der Waals surface area contributed by atoms with Crippen molar-refractivity contribution in [3.8, 4) is 0 Å². The van der Waals surface area contributed by atoms with Gasteiger partial charge in [0.05, 0.1) is 31.8 Å². The maximum absolute atomic E-state index is 12.0. The number of amides is 1. The van der Waals surface area contributed by atoms with Gasteiger partial charge >= 0.3 is 0 Å². The molecule has 0 spiro atoms. The Morgan fingerprint density at radius 2 is 2.47 bits per heavy atom. The van der Waals surface area contributed by atoms with E-state index in [9.17, 15) is 4.79 Å². The largest absolute Gasteiger partial charge is 0.394 e. The Hall–Kier alpha value is -0.650. The highest BCUT2D eigenvalue weighted by molar-refractivity contribution is 5.79. The first-order valence-electron chi connectivity index (χ1n) is 5.43. The number of aliphatic hydroxyl groups excluding tert-OH is 1. The molecule has 1 fully saturated rings. The molecule has 3 N–H and O–H groups in total. The fourth-order valence-corrected chi connectivity index (χ4v) is 1.77. The van der Waals surface area contributed by atoms with Crippen LogP contribution in [0.25, 0.3) is 0 Å². The van der Waals surface area contributed by atoms with Gasteiger partial charge in [-0.25, -0.2) is 0 Å².